The molecule has 4 heteroatoms. The van der Waals surface area contributed by atoms with Gasteiger partial charge in [0.25, 0.3) is 0 Å². The molecule has 2 heterocycles. The lowest BCUT2D eigenvalue weighted by Crippen LogP contribution is -2.38. The number of amides is 1. The first-order chi connectivity index (χ1) is 9.22. The van der Waals surface area contributed by atoms with Gasteiger partial charge in [-0.2, -0.15) is 0 Å². The Bertz CT molecular complexity index is 407. The molecule has 1 unspecified atom stereocenters. The maximum atomic E-state index is 12.3. The van der Waals surface area contributed by atoms with Crippen molar-refractivity contribution in [2.24, 2.45) is 0 Å². The van der Waals surface area contributed by atoms with Crippen LogP contribution in [0.15, 0.2) is 18.3 Å². The van der Waals surface area contributed by atoms with Crippen LogP contribution in [-0.4, -0.2) is 35.0 Å². The van der Waals surface area contributed by atoms with Crippen LogP contribution < -0.4 is 5.32 Å². The highest BCUT2D eigenvalue weighted by Gasteiger charge is 2.18. The monoisotopic (exact) mass is 263 g/mol. The zero-order valence-corrected chi connectivity index (χ0v) is 12.1. The fourth-order valence-electron chi connectivity index (χ4n) is 2.76. The van der Waals surface area contributed by atoms with E-state index in [0.717, 1.165) is 32.5 Å². The molecule has 1 aliphatic rings. The molecule has 0 spiro atoms. The van der Waals surface area contributed by atoms with Gasteiger partial charge >= 0.3 is 0 Å². The lowest BCUT2D eigenvalue weighted by atomic mass is 10.1. The summed E-state index contributed by atoms with van der Waals surface area (Å²) in [6, 6.07) is 4.40. The minimum atomic E-state index is 0.251. The van der Waals surface area contributed by atoms with Crippen LogP contribution in [0.2, 0.25) is 0 Å². The summed E-state index contributed by atoms with van der Waals surface area (Å²) in [4.78, 5) is 14.3. The molecule has 1 fully saturated rings. The average Bonchev–Trinajstić information content (AvgIpc) is 2.88. The van der Waals surface area contributed by atoms with E-state index in [1.807, 2.05) is 17.2 Å². The second-order valence-electron chi connectivity index (χ2n) is 5.28. The summed E-state index contributed by atoms with van der Waals surface area (Å²) in [5, 5.41) is 3.40. The fraction of sp³-hybridized carbons (Fsp3) is 0.667. The number of carbonyl (C=O) groups is 1. The minimum Gasteiger partial charge on any atom is -0.341 e. The van der Waals surface area contributed by atoms with Crippen molar-refractivity contribution < 1.29 is 4.79 Å². The molecule has 0 aliphatic carbocycles. The van der Waals surface area contributed by atoms with Crippen molar-refractivity contribution in [3.63, 3.8) is 0 Å². The zero-order valence-electron chi connectivity index (χ0n) is 12.1. The number of hydrogen-bond donors (Lipinski definition) is 1. The van der Waals surface area contributed by atoms with Crippen LogP contribution in [0.1, 0.15) is 44.8 Å². The first-order valence-electron chi connectivity index (χ1n) is 7.38. The molecule has 2 rings (SSSR count). The molecule has 1 saturated heterocycles. The van der Waals surface area contributed by atoms with Crippen LogP contribution in [0, 0.1) is 0 Å². The van der Waals surface area contributed by atoms with E-state index >= 15 is 0 Å². The summed E-state index contributed by atoms with van der Waals surface area (Å²) < 4.78 is 2.07. The van der Waals surface area contributed by atoms with Crippen molar-refractivity contribution >= 4 is 5.91 Å². The van der Waals surface area contributed by atoms with Crippen molar-refractivity contribution in [3.05, 3.63) is 24.0 Å². The average molecular weight is 263 g/mol. The predicted molar refractivity (Wildman–Crippen MR) is 77.0 cm³/mol. The third kappa shape index (κ3) is 3.60. The number of hydrogen-bond acceptors (Lipinski definition) is 2. The van der Waals surface area contributed by atoms with Crippen LogP contribution in [-0.2, 0) is 11.3 Å². The summed E-state index contributed by atoms with van der Waals surface area (Å²) in [7, 11) is 0. The standard InChI is InChI=1S/C15H25N3O/c1-3-16-13(2)14-8-7-11-18(14)12-15(19)17-9-5-4-6-10-17/h7-8,11,13,16H,3-6,9-10,12H2,1-2H3. The fourth-order valence-corrected chi connectivity index (χ4v) is 2.76. The van der Waals surface area contributed by atoms with Gasteiger partial charge in [0.1, 0.15) is 6.54 Å². The van der Waals surface area contributed by atoms with Crippen LogP contribution in [0.3, 0.4) is 0 Å². The number of rotatable bonds is 5. The lowest BCUT2D eigenvalue weighted by molar-refractivity contribution is -0.132. The van der Waals surface area contributed by atoms with E-state index in [1.165, 1.54) is 12.1 Å². The Kier molecular flexibility index (Phi) is 5.02. The highest BCUT2D eigenvalue weighted by atomic mass is 16.2. The number of nitrogens with zero attached hydrogens (tertiary/aromatic N) is 2. The molecule has 0 radical (unpaired) electrons. The Labute approximate surface area is 115 Å². The largest absolute Gasteiger partial charge is 0.341 e. The van der Waals surface area contributed by atoms with Crippen molar-refractivity contribution in [3.8, 4) is 0 Å². The molecule has 1 aliphatic heterocycles. The van der Waals surface area contributed by atoms with Crippen molar-refractivity contribution in [1.29, 1.82) is 0 Å². The first kappa shape index (κ1) is 14.1. The molecule has 4 nitrogen and oxygen atoms in total. The Balaban J connectivity index is 1.98. The van der Waals surface area contributed by atoms with Crippen LogP contribution >= 0.6 is 0 Å². The number of likely N-dealkylation sites (tertiary alicyclic amines) is 1. The van der Waals surface area contributed by atoms with Crippen molar-refractivity contribution in [2.75, 3.05) is 19.6 Å². The normalized spacial score (nSPS) is 17.5. The van der Waals surface area contributed by atoms with E-state index < -0.39 is 0 Å². The van der Waals surface area contributed by atoms with E-state index in [0.29, 0.717) is 6.54 Å². The molecule has 1 aromatic heterocycles. The maximum Gasteiger partial charge on any atom is 0.242 e. The SMILES string of the molecule is CCNC(C)c1cccn1CC(=O)N1CCCCC1. The maximum absolute atomic E-state index is 12.3. The number of piperidine rings is 1. The van der Waals surface area contributed by atoms with Gasteiger partial charge in [0.15, 0.2) is 0 Å². The quantitative estimate of drug-likeness (QED) is 0.884. The van der Waals surface area contributed by atoms with Gasteiger partial charge in [-0.25, -0.2) is 0 Å². The molecular formula is C15H25N3O. The Morgan fingerprint density at radius 3 is 2.79 bits per heavy atom. The third-order valence-electron chi connectivity index (χ3n) is 3.83. The molecule has 19 heavy (non-hydrogen) atoms. The molecular weight excluding hydrogens is 238 g/mol. The molecule has 106 valence electrons. The van der Waals surface area contributed by atoms with Gasteiger partial charge in [-0.05, 0) is 44.9 Å². The molecule has 1 aromatic rings. The molecule has 1 N–H and O–H groups in total. The molecule has 0 aromatic carbocycles. The van der Waals surface area contributed by atoms with E-state index in [-0.39, 0.29) is 11.9 Å². The minimum absolute atomic E-state index is 0.251. The zero-order chi connectivity index (χ0) is 13.7. The Morgan fingerprint density at radius 2 is 2.11 bits per heavy atom. The summed E-state index contributed by atoms with van der Waals surface area (Å²) in [5.74, 6) is 0.251. The number of carbonyl (C=O) groups excluding carboxylic acids is 1. The lowest BCUT2D eigenvalue weighted by Gasteiger charge is -2.27. The second kappa shape index (κ2) is 6.75. The summed E-state index contributed by atoms with van der Waals surface area (Å²) >= 11 is 0. The van der Waals surface area contributed by atoms with Crippen LogP contribution in [0.4, 0.5) is 0 Å². The van der Waals surface area contributed by atoms with Crippen LogP contribution in [0.25, 0.3) is 0 Å². The summed E-state index contributed by atoms with van der Waals surface area (Å²) in [6.07, 6.45) is 5.57. The number of nitrogens with one attached hydrogen (secondary N) is 1. The Hall–Kier alpha value is -1.29. The highest BCUT2D eigenvalue weighted by molar-refractivity contribution is 5.76. The van der Waals surface area contributed by atoms with Crippen LogP contribution in [0.5, 0.6) is 0 Å². The van der Waals surface area contributed by atoms with Gasteiger partial charge < -0.3 is 14.8 Å². The second-order valence-corrected chi connectivity index (χ2v) is 5.28. The topological polar surface area (TPSA) is 37.3 Å². The third-order valence-corrected chi connectivity index (χ3v) is 3.83. The summed E-state index contributed by atoms with van der Waals surface area (Å²) in [6.45, 7) is 7.50. The first-order valence-corrected chi connectivity index (χ1v) is 7.38. The van der Waals surface area contributed by atoms with Gasteiger partial charge in [0.2, 0.25) is 5.91 Å². The molecule has 1 amide bonds. The van der Waals surface area contributed by atoms with E-state index in [4.69, 9.17) is 0 Å². The predicted octanol–water partition coefficient (Wildman–Crippen LogP) is 2.17. The smallest absolute Gasteiger partial charge is 0.242 e. The van der Waals surface area contributed by atoms with Crippen molar-refractivity contribution in [1.82, 2.24) is 14.8 Å². The van der Waals surface area contributed by atoms with Gasteiger partial charge in [-0.15, -0.1) is 0 Å². The van der Waals surface area contributed by atoms with Gasteiger partial charge in [-0.3, -0.25) is 4.79 Å². The van der Waals surface area contributed by atoms with E-state index in [2.05, 4.69) is 29.8 Å². The highest BCUT2D eigenvalue weighted by Crippen LogP contribution is 2.15. The van der Waals surface area contributed by atoms with E-state index in [1.54, 1.807) is 0 Å². The molecule has 1 atom stereocenters. The van der Waals surface area contributed by atoms with Crippen molar-refractivity contribution in [2.45, 2.75) is 45.7 Å². The Morgan fingerprint density at radius 1 is 1.37 bits per heavy atom. The molecule has 0 saturated carbocycles. The van der Waals surface area contributed by atoms with E-state index in [9.17, 15) is 4.79 Å². The van der Waals surface area contributed by atoms with Gasteiger partial charge in [0, 0.05) is 31.0 Å². The molecule has 0 bridgehead atoms. The van der Waals surface area contributed by atoms with Gasteiger partial charge in [-0.1, -0.05) is 6.92 Å². The number of aromatic nitrogens is 1. The van der Waals surface area contributed by atoms with Gasteiger partial charge in [0.05, 0.1) is 0 Å². The summed E-state index contributed by atoms with van der Waals surface area (Å²) in [5.41, 5.74) is 1.19.